The maximum absolute atomic E-state index is 9.25. The first-order valence-electron chi connectivity index (χ1n) is 5.53. The lowest BCUT2D eigenvalue weighted by atomic mass is 10.0. The molecule has 0 spiro atoms. The second kappa shape index (κ2) is 7.55. The third-order valence-electron chi connectivity index (χ3n) is 2.38. The fourth-order valence-electron chi connectivity index (χ4n) is 1.37. The molecule has 0 saturated carbocycles. The smallest absolute Gasteiger partial charge is 0.0565 e. The topological polar surface area (TPSA) is 46.2 Å². The predicted molar refractivity (Wildman–Crippen MR) is 65.6 cm³/mol. The second-order valence-electron chi connectivity index (χ2n) is 4.37. The molecule has 0 fully saturated rings. The van der Waals surface area contributed by atoms with Gasteiger partial charge in [0.15, 0.2) is 0 Å². The third kappa shape index (κ3) is 5.89. The van der Waals surface area contributed by atoms with Gasteiger partial charge in [0.1, 0.15) is 0 Å². The number of thioether (sulfide) groups is 1. The van der Waals surface area contributed by atoms with Crippen molar-refractivity contribution in [2.24, 2.45) is 11.7 Å². The Balaban J connectivity index is 3.98. The molecule has 86 valence electrons. The van der Waals surface area contributed by atoms with E-state index in [0.29, 0.717) is 11.2 Å². The summed E-state index contributed by atoms with van der Waals surface area (Å²) in [6.45, 7) is 8.89. The van der Waals surface area contributed by atoms with Crippen molar-refractivity contribution in [3.05, 3.63) is 0 Å². The summed E-state index contributed by atoms with van der Waals surface area (Å²) in [6, 6.07) is 0.124. The zero-order chi connectivity index (χ0) is 11.1. The lowest BCUT2D eigenvalue weighted by Crippen LogP contribution is -2.37. The van der Waals surface area contributed by atoms with Crippen LogP contribution in [0.4, 0.5) is 0 Å². The third-order valence-corrected chi connectivity index (χ3v) is 4.03. The molecule has 3 unspecified atom stereocenters. The van der Waals surface area contributed by atoms with Crippen molar-refractivity contribution in [3.63, 3.8) is 0 Å². The van der Waals surface area contributed by atoms with Crippen LogP contribution in [-0.2, 0) is 0 Å². The Morgan fingerprint density at radius 2 is 1.86 bits per heavy atom. The van der Waals surface area contributed by atoms with Gasteiger partial charge in [-0.15, -0.1) is 0 Å². The second-order valence-corrected chi connectivity index (χ2v) is 6.05. The summed E-state index contributed by atoms with van der Waals surface area (Å²) >= 11 is 1.82. The monoisotopic (exact) mass is 219 g/mol. The van der Waals surface area contributed by atoms with Gasteiger partial charge in [0, 0.05) is 16.5 Å². The van der Waals surface area contributed by atoms with Crippen LogP contribution in [0.2, 0.25) is 0 Å². The predicted octanol–water partition coefficient (Wildman–Crippen LogP) is 2.25. The Bertz CT molecular complexity index is 141. The summed E-state index contributed by atoms with van der Waals surface area (Å²) in [6.07, 6.45) is 2.13. The molecule has 0 aromatic rings. The number of nitrogens with two attached hydrogens (primary N) is 1. The van der Waals surface area contributed by atoms with Crippen LogP contribution in [-0.4, -0.2) is 28.3 Å². The minimum Gasteiger partial charge on any atom is -0.395 e. The maximum Gasteiger partial charge on any atom is 0.0565 e. The molecule has 0 rings (SSSR count). The minimum absolute atomic E-state index is 0.124. The van der Waals surface area contributed by atoms with Crippen LogP contribution in [0.25, 0.3) is 0 Å². The van der Waals surface area contributed by atoms with Gasteiger partial charge in [-0.25, -0.2) is 0 Å². The van der Waals surface area contributed by atoms with Crippen molar-refractivity contribution < 1.29 is 5.11 Å². The molecule has 0 radical (unpaired) electrons. The fourth-order valence-corrected chi connectivity index (χ4v) is 2.56. The van der Waals surface area contributed by atoms with Crippen LogP contribution in [0.1, 0.15) is 40.5 Å². The van der Waals surface area contributed by atoms with E-state index < -0.39 is 0 Å². The van der Waals surface area contributed by atoms with Crippen LogP contribution in [0, 0.1) is 5.92 Å². The molecular formula is C11H25NOS. The van der Waals surface area contributed by atoms with Gasteiger partial charge in [-0.05, 0) is 18.8 Å². The van der Waals surface area contributed by atoms with Gasteiger partial charge < -0.3 is 10.8 Å². The number of aliphatic hydroxyl groups is 1. The van der Waals surface area contributed by atoms with Crippen LogP contribution < -0.4 is 5.73 Å². The molecule has 0 amide bonds. The molecule has 3 N–H and O–H groups in total. The van der Waals surface area contributed by atoms with Crippen molar-refractivity contribution >= 4 is 11.8 Å². The van der Waals surface area contributed by atoms with Gasteiger partial charge in [0.25, 0.3) is 0 Å². The molecular weight excluding hydrogens is 194 g/mol. The highest BCUT2D eigenvalue weighted by molar-refractivity contribution is 8.00. The van der Waals surface area contributed by atoms with E-state index in [2.05, 4.69) is 27.7 Å². The molecule has 3 atom stereocenters. The highest BCUT2D eigenvalue weighted by Gasteiger charge is 2.20. The lowest BCUT2D eigenvalue weighted by molar-refractivity contribution is 0.274. The van der Waals surface area contributed by atoms with E-state index in [-0.39, 0.29) is 17.9 Å². The molecule has 3 heteroatoms. The van der Waals surface area contributed by atoms with Crippen LogP contribution in [0.5, 0.6) is 0 Å². The molecule has 0 aromatic carbocycles. The van der Waals surface area contributed by atoms with Gasteiger partial charge in [0.05, 0.1) is 6.61 Å². The number of hydrogen-bond acceptors (Lipinski definition) is 3. The molecule has 0 aromatic heterocycles. The molecule has 2 nitrogen and oxygen atoms in total. The maximum atomic E-state index is 9.25. The molecule has 0 saturated heterocycles. The summed E-state index contributed by atoms with van der Waals surface area (Å²) in [5.41, 5.74) is 6.05. The van der Waals surface area contributed by atoms with Crippen LogP contribution in [0.3, 0.4) is 0 Å². The minimum atomic E-state index is 0.124. The Labute approximate surface area is 92.6 Å². The zero-order valence-corrected chi connectivity index (χ0v) is 10.7. The van der Waals surface area contributed by atoms with Crippen molar-refractivity contribution in [2.45, 2.75) is 57.1 Å². The van der Waals surface area contributed by atoms with Gasteiger partial charge in [-0.1, -0.05) is 27.7 Å². The van der Waals surface area contributed by atoms with E-state index >= 15 is 0 Å². The molecule has 0 aliphatic rings. The van der Waals surface area contributed by atoms with Crippen molar-refractivity contribution in [1.29, 1.82) is 0 Å². The number of hydrogen-bond donors (Lipinski definition) is 2. The Hall–Kier alpha value is 0.270. The van der Waals surface area contributed by atoms with E-state index in [1.54, 1.807) is 0 Å². The van der Waals surface area contributed by atoms with Crippen molar-refractivity contribution in [1.82, 2.24) is 0 Å². The molecule has 14 heavy (non-hydrogen) atoms. The van der Waals surface area contributed by atoms with E-state index in [1.165, 1.54) is 0 Å². The Morgan fingerprint density at radius 3 is 2.21 bits per heavy atom. The number of aliphatic hydroxyl groups excluding tert-OH is 1. The van der Waals surface area contributed by atoms with Gasteiger partial charge in [0.2, 0.25) is 0 Å². The lowest BCUT2D eigenvalue weighted by Gasteiger charge is -2.25. The fraction of sp³-hybridized carbons (Fsp3) is 1.00. The quantitative estimate of drug-likeness (QED) is 0.690. The first-order valence-corrected chi connectivity index (χ1v) is 6.47. The summed E-state index contributed by atoms with van der Waals surface area (Å²) in [4.78, 5) is 0. The normalized spacial score (nSPS) is 18.2. The molecule has 0 aliphatic heterocycles. The highest BCUT2D eigenvalue weighted by atomic mass is 32.2. The summed E-state index contributed by atoms with van der Waals surface area (Å²) in [5, 5.41) is 10.0. The van der Waals surface area contributed by atoms with Crippen LogP contribution >= 0.6 is 11.8 Å². The number of rotatable bonds is 7. The van der Waals surface area contributed by atoms with E-state index in [0.717, 1.165) is 12.8 Å². The Kier molecular flexibility index (Phi) is 7.69. The molecule has 0 bridgehead atoms. The van der Waals surface area contributed by atoms with Crippen molar-refractivity contribution in [2.75, 3.05) is 6.61 Å². The van der Waals surface area contributed by atoms with Gasteiger partial charge in [-0.3, -0.25) is 0 Å². The standard InChI is InChI=1S/C11H25NOS/c1-5-9(4)14-11(7-13)10(12)6-8(2)3/h8-11,13H,5-7,12H2,1-4H3. The molecule has 0 aliphatic carbocycles. The highest BCUT2D eigenvalue weighted by Crippen LogP contribution is 2.24. The van der Waals surface area contributed by atoms with E-state index in [4.69, 9.17) is 5.73 Å². The largest absolute Gasteiger partial charge is 0.395 e. The Morgan fingerprint density at radius 1 is 1.29 bits per heavy atom. The van der Waals surface area contributed by atoms with E-state index in [9.17, 15) is 5.11 Å². The van der Waals surface area contributed by atoms with Crippen LogP contribution in [0.15, 0.2) is 0 Å². The SMILES string of the molecule is CCC(C)SC(CO)C(N)CC(C)C. The van der Waals surface area contributed by atoms with Gasteiger partial charge >= 0.3 is 0 Å². The zero-order valence-electron chi connectivity index (χ0n) is 9.86. The van der Waals surface area contributed by atoms with Gasteiger partial charge in [-0.2, -0.15) is 11.8 Å². The summed E-state index contributed by atoms with van der Waals surface area (Å²) < 4.78 is 0. The average Bonchev–Trinajstić information content (AvgIpc) is 2.12. The van der Waals surface area contributed by atoms with Crippen molar-refractivity contribution in [3.8, 4) is 0 Å². The molecule has 0 heterocycles. The first-order chi connectivity index (χ1) is 6.51. The van der Waals surface area contributed by atoms with E-state index in [1.807, 2.05) is 11.8 Å². The summed E-state index contributed by atoms with van der Waals surface area (Å²) in [5.74, 6) is 0.608. The first kappa shape index (κ1) is 14.3. The average molecular weight is 219 g/mol. The summed E-state index contributed by atoms with van der Waals surface area (Å²) in [7, 11) is 0.